The molecule has 0 amide bonds. The fraction of sp³-hybridized carbons (Fsp3) is 0.500. The molecular weight excluding hydrogens is 230 g/mol. The molecule has 0 saturated heterocycles. The van der Waals surface area contributed by atoms with E-state index in [1.807, 2.05) is 19.9 Å². The van der Waals surface area contributed by atoms with Crippen molar-refractivity contribution in [3.05, 3.63) is 23.8 Å². The van der Waals surface area contributed by atoms with Gasteiger partial charge < -0.3 is 14.7 Å². The third kappa shape index (κ3) is 3.95. The van der Waals surface area contributed by atoms with Crippen LogP contribution in [0, 0.1) is 6.92 Å². The van der Waals surface area contributed by atoms with Gasteiger partial charge in [0.05, 0.1) is 13.0 Å². The number of aromatic hydroxyl groups is 1. The van der Waals surface area contributed by atoms with Gasteiger partial charge in [0.2, 0.25) is 0 Å². The Labute approximate surface area is 108 Å². The van der Waals surface area contributed by atoms with Crippen LogP contribution in [0.3, 0.4) is 0 Å². The highest BCUT2D eigenvalue weighted by Gasteiger charge is 2.11. The second kappa shape index (κ2) is 6.89. The monoisotopic (exact) mass is 251 g/mol. The summed E-state index contributed by atoms with van der Waals surface area (Å²) in [6, 6.07) is 5.26. The van der Waals surface area contributed by atoms with Gasteiger partial charge in [0.15, 0.2) is 0 Å². The molecule has 0 unspecified atom stereocenters. The normalized spacial score (nSPS) is 10.2. The number of hydrogen-bond donors (Lipinski definition) is 1. The third-order valence-corrected chi connectivity index (χ3v) is 2.81. The maximum Gasteiger partial charge on any atom is 0.307 e. The highest BCUT2D eigenvalue weighted by atomic mass is 16.5. The molecule has 0 aliphatic carbocycles. The largest absolute Gasteiger partial charge is 0.508 e. The number of carbonyl (C=O) groups excluding carboxylic acids is 1. The Morgan fingerprint density at radius 2 is 2.11 bits per heavy atom. The van der Waals surface area contributed by atoms with Crippen LogP contribution >= 0.6 is 0 Å². The molecule has 0 aromatic heterocycles. The SMILES string of the molecule is CCOC(=O)CCN(CC)c1cc(O)ccc1C. The topological polar surface area (TPSA) is 49.8 Å². The van der Waals surface area contributed by atoms with E-state index < -0.39 is 0 Å². The molecule has 0 spiro atoms. The summed E-state index contributed by atoms with van der Waals surface area (Å²) in [5.74, 6) is 0.0546. The summed E-state index contributed by atoms with van der Waals surface area (Å²) in [5, 5.41) is 9.53. The molecule has 0 aliphatic heterocycles. The Bertz CT molecular complexity index is 404. The first-order valence-electron chi connectivity index (χ1n) is 6.28. The molecule has 0 heterocycles. The molecular formula is C14H21NO3. The minimum absolute atomic E-state index is 0.186. The molecule has 1 N–H and O–H groups in total. The van der Waals surface area contributed by atoms with Crippen molar-refractivity contribution >= 4 is 11.7 Å². The summed E-state index contributed by atoms with van der Waals surface area (Å²) in [4.78, 5) is 13.4. The number of nitrogens with zero attached hydrogens (tertiary/aromatic N) is 1. The number of rotatable bonds is 6. The zero-order valence-electron chi connectivity index (χ0n) is 11.3. The van der Waals surface area contributed by atoms with Gasteiger partial charge >= 0.3 is 5.97 Å². The number of aryl methyl sites for hydroxylation is 1. The van der Waals surface area contributed by atoms with Crippen LogP contribution in [0.1, 0.15) is 25.8 Å². The molecule has 4 heteroatoms. The lowest BCUT2D eigenvalue weighted by Gasteiger charge is -2.24. The second-order valence-electron chi connectivity index (χ2n) is 4.11. The van der Waals surface area contributed by atoms with E-state index in [4.69, 9.17) is 4.74 Å². The Morgan fingerprint density at radius 3 is 2.72 bits per heavy atom. The Hall–Kier alpha value is -1.71. The summed E-state index contributed by atoms with van der Waals surface area (Å²) in [6.07, 6.45) is 0.358. The molecule has 0 aliphatic rings. The number of hydrogen-bond acceptors (Lipinski definition) is 4. The van der Waals surface area contributed by atoms with E-state index in [1.165, 1.54) is 0 Å². The van der Waals surface area contributed by atoms with Gasteiger partial charge in [-0.15, -0.1) is 0 Å². The lowest BCUT2D eigenvalue weighted by Crippen LogP contribution is -2.27. The molecule has 0 bridgehead atoms. The van der Waals surface area contributed by atoms with E-state index in [1.54, 1.807) is 19.1 Å². The molecule has 0 fully saturated rings. The van der Waals surface area contributed by atoms with Crippen LogP contribution in [0.2, 0.25) is 0 Å². The zero-order valence-corrected chi connectivity index (χ0v) is 11.3. The van der Waals surface area contributed by atoms with Gasteiger partial charge in [0, 0.05) is 24.8 Å². The first-order valence-corrected chi connectivity index (χ1v) is 6.28. The van der Waals surface area contributed by atoms with Crippen LogP contribution in [-0.4, -0.2) is 30.8 Å². The maximum absolute atomic E-state index is 11.3. The van der Waals surface area contributed by atoms with Gasteiger partial charge in [-0.2, -0.15) is 0 Å². The van der Waals surface area contributed by atoms with Gasteiger partial charge in [0.1, 0.15) is 5.75 Å². The van der Waals surface area contributed by atoms with Crippen molar-refractivity contribution in [3.63, 3.8) is 0 Å². The molecule has 18 heavy (non-hydrogen) atoms. The number of esters is 1. The summed E-state index contributed by atoms with van der Waals surface area (Å²) >= 11 is 0. The summed E-state index contributed by atoms with van der Waals surface area (Å²) in [6.45, 7) is 7.60. The van der Waals surface area contributed by atoms with Gasteiger partial charge in [0.25, 0.3) is 0 Å². The Kier molecular flexibility index (Phi) is 5.49. The zero-order chi connectivity index (χ0) is 13.5. The third-order valence-electron chi connectivity index (χ3n) is 2.81. The van der Waals surface area contributed by atoms with Crippen molar-refractivity contribution in [1.29, 1.82) is 0 Å². The number of phenolic OH excluding ortho intramolecular Hbond substituents is 1. The molecule has 1 rings (SSSR count). The standard InChI is InChI=1S/C14H21NO3/c1-4-15(9-8-14(17)18-5-2)13-10-12(16)7-6-11(13)3/h6-7,10,16H,4-5,8-9H2,1-3H3. The van der Waals surface area contributed by atoms with E-state index in [9.17, 15) is 9.90 Å². The van der Waals surface area contributed by atoms with Crippen LogP contribution in [-0.2, 0) is 9.53 Å². The average Bonchev–Trinajstić information content (AvgIpc) is 2.34. The van der Waals surface area contributed by atoms with E-state index >= 15 is 0 Å². The van der Waals surface area contributed by atoms with Gasteiger partial charge in [-0.25, -0.2) is 0 Å². The van der Waals surface area contributed by atoms with Gasteiger partial charge in [-0.05, 0) is 32.4 Å². The van der Waals surface area contributed by atoms with Crippen molar-refractivity contribution < 1.29 is 14.6 Å². The van der Waals surface area contributed by atoms with Gasteiger partial charge in [-0.1, -0.05) is 6.07 Å². The molecule has 1 aromatic carbocycles. The minimum Gasteiger partial charge on any atom is -0.508 e. The number of ether oxygens (including phenoxy) is 1. The lowest BCUT2D eigenvalue weighted by atomic mass is 10.1. The predicted molar refractivity (Wildman–Crippen MR) is 72.0 cm³/mol. The highest BCUT2D eigenvalue weighted by molar-refractivity contribution is 5.70. The Balaban J connectivity index is 2.71. The van der Waals surface area contributed by atoms with Crippen LogP contribution in [0.5, 0.6) is 5.75 Å². The first kappa shape index (κ1) is 14.4. The molecule has 4 nitrogen and oxygen atoms in total. The van der Waals surface area contributed by atoms with E-state index in [0.29, 0.717) is 19.6 Å². The number of anilines is 1. The maximum atomic E-state index is 11.3. The quantitative estimate of drug-likeness (QED) is 0.789. The van der Waals surface area contributed by atoms with Gasteiger partial charge in [-0.3, -0.25) is 4.79 Å². The van der Waals surface area contributed by atoms with Crippen molar-refractivity contribution in [2.24, 2.45) is 0 Å². The van der Waals surface area contributed by atoms with Crippen LogP contribution < -0.4 is 4.90 Å². The fourth-order valence-corrected chi connectivity index (χ4v) is 1.85. The van der Waals surface area contributed by atoms with Crippen LogP contribution in [0.15, 0.2) is 18.2 Å². The van der Waals surface area contributed by atoms with Crippen molar-refractivity contribution in [2.75, 3.05) is 24.6 Å². The van der Waals surface area contributed by atoms with Crippen molar-refractivity contribution in [3.8, 4) is 5.75 Å². The highest BCUT2D eigenvalue weighted by Crippen LogP contribution is 2.24. The second-order valence-corrected chi connectivity index (χ2v) is 4.11. The minimum atomic E-state index is -0.186. The summed E-state index contributed by atoms with van der Waals surface area (Å²) < 4.78 is 4.91. The molecule has 1 aromatic rings. The summed E-state index contributed by atoms with van der Waals surface area (Å²) in [7, 11) is 0. The summed E-state index contributed by atoms with van der Waals surface area (Å²) in [5.41, 5.74) is 2.04. The Morgan fingerprint density at radius 1 is 1.39 bits per heavy atom. The smallest absolute Gasteiger partial charge is 0.307 e. The number of phenols is 1. The first-order chi connectivity index (χ1) is 8.58. The number of carbonyl (C=O) groups is 1. The van der Waals surface area contributed by atoms with E-state index in [2.05, 4.69) is 4.90 Å². The predicted octanol–water partition coefficient (Wildman–Crippen LogP) is 2.48. The van der Waals surface area contributed by atoms with Crippen molar-refractivity contribution in [2.45, 2.75) is 27.2 Å². The molecule has 0 radical (unpaired) electrons. The lowest BCUT2D eigenvalue weighted by molar-refractivity contribution is -0.142. The van der Waals surface area contributed by atoms with E-state index in [-0.39, 0.29) is 11.7 Å². The van der Waals surface area contributed by atoms with Crippen LogP contribution in [0.25, 0.3) is 0 Å². The molecule has 0 atom stereocenters. The fourth-order valence-electron chi connectivity index (χ4n) is 1.85. The molecule has 0 saturated carbocycles. The van der Waals surface area contributed by atoms with Crippen LogP contribution in [0.4, 0.5) is 5.69 Å². The number of benzene rings is 1. The average molecular weight is 251 g/mol. The van der Waals surface area contributed by atoms with Crippen molar-refractivity contribution in [1.82, 2.24) is 0 Å². The van der Waals surface area contributed by atoms with E-state index in [0.717, 1.165) is 17.8 Å². The molecule has 100 valence electrons.